The normalized spacial score (nSPS) is 22.1. The summed E-state index contributed by atoms with van der Waals surface area (Å²) in [5.41, 5.74) is 3.85. The minimum Gasteiger partial charge on any atom is -0.497 e. The number of carbonyl (C=O) groups is 1. The fourth-order valence-corrected chi connectivity index (χ4v) is 4.61. The molecule has 0 spiro atoms. The van der Waals surface area contributed by atoms with E-state index in [1.54, 1.807) is 6.92 Å². The van der Waals surface area contributed by atoms with Crippen molar-refractivity contribution in [2.45, 2.75) is 84.8 Å². The van der Waals surface area contributed by atoms with Gasteiger partial charge in [-0.3, -0.25) is 4.79 Å². The quantitative estimate of drug-likeness (QED) is 0.462. The van der Waals surface area contributed by atoms with Gasteiger partial charge in [-0.1, -0.05) is 37.3 Å². The Hall–Kier alpha value is -2.49. The Morgan fingerprint density at radius 3 is 2.53 bits per heavy atom. The van der Waals surface area contributed by atoms with Crippen LogP contribution in [0, 0.1) is 5.92 Å². The van der Waals surface area contributed by atoms with Gasteiger partial charge in [-0.25, -0.2) is 0 Å². The summed E-state index contributed by atoms with van der Waals surface area (Å²) >= 11 is 0. The van der Waals surface area contributed by atoms with Crippen molar-refractivity contribution in [3.8, 4) is 5.75 Å². The molecule has 2 aliphatic carbocycles. The van der Waals surface area contributed by atoms with Crippen LogP contribution in [0.4, 0.5) is 0 Å². The van der Waals surface area contributed by atoms with E-state index >= 15 is 0 Å². The average Bonchev–Trinajstić information content (AvgIpc) is 2.95. The highest BCUT2D eigenvalue weighted by Crippen LogP contribution is 2.35. The number of hydrogen-bond acceptors (Lipinski definition) is 3. The number of carbonyl (C=O) groups excluding carboxylic acids is 1. The zero-order valence-corrected chi connectivity index (χ0v) is 20.2. The number of nitrogens with one attached hydrogen (secondary N) is 1. The summed E-state index contributed by atoms with van der Waals surface area (Å²) in [5, 5.41) is 2.92. The van der Waals surface area contributed by atoms with Crippen molar-refractivity contribution < 1.29 is 14.3 Å². The highest BCUT2D eigenvalue weighted by Gasteiger charge is 2.24. The van der Waals surface area contributed by atoms with Crippen LogP contribution in [-0.4, -0.2) is 18.6 Å². The van der Waals surface area contributed by atoms with Crippen LogP contribution in [0.15, 0.2) is 59.4 Å². The summed E-state index contributed by atoms with van der Waals surface area (Å²) in [5.74, 6) is 2.75. The average molecular weight is 438 g/mol. The Bertz CT molecular complexity index is 842. The molecule has 0 aliphatic heterocycles. The second-order valence-corrected chi connectivity index (χ2v) is 9.18. The van der Waals surface area contributed by atoms with Gasteiger partial charge in [0.05, 0.1) is 18.8 Å². The molecule has 0 radical (unpaired) electrons. The Kier molecular flexibility index (Phi) is 9.01. The smallest absolute Gasteiger partial charge is 0.217 e. The predicted molar refractivity (Wildman–Crippen MR) is 130 cm³/mol. The largest absolute Gasteiger partial charge is 0.497 e. The third-order valence-electron chi connectivity index (χ3n) is 6.52. The summed E-state index contributed by atoms with van der Waals surface area (Å²) in [6.45, 7) is 8.71. The van der Waals surface area contributed by atoms with Crippen LogP contribution in [0.25, 0.3) is 0 Å². The van der Waals surface area contributed by atoms with Gasteiger partial charge >= 0.3 is 0 Å². The third kappa shape index (κ3) is 7.01. The predicted octanol–water partition coefficient (Wildman–Crippen LogP) is 6.80. The van der Waals surface area contributed by atoms with Gasteiger partial charge in [-0.2, -0.15) is 0 Å². The van der Waals surface area contributed by atoms with Crippen molar-refractivity contribution in [3.63, 3.8) is 0 Å². The van der Waals surface area contributed by atoms with Crippen molar-refractivity contribution in [1.82, 2.24) is 5.32 Å². The van der Waals surface area contributed by atoms with Crippen LogP contribution in [0.1, 0.15) is 84.2 Å². The number of ether oxygens (including phenoxy) is 2. The van der Waals surface area contributed by atoms with Gasteiger partial charge in [-0.15, -0.1) is 0 Å². The highest BCUT2D eigenvalue weighted by molar-refractivity contribution is 5.73. The lowest BCUT2D eigenvalue weighted by Crippen LogP contribution is -2.25. The van der Waals surface area contributed by atoms with Crippen LogP contribution in [0.2, 0.25) is 0 Å². The maximum absolute atomic E-state index is 11.3. The lowest BCUT2D eigenvalue weighted by atomic mass is 9.82. The van der Waals surface area contributed by atoms with Gasteiger partial charge in [0.2, 0.25) is 5.91 Å². The minimum absolute atomic E-state index is 0.00974. The van der Waals surface area contributed by atoms with Crippen molar-refractivity contribution in [2.75, 3.05) is 6.61 Å². The maximum Gasteiger partial charge on any atom is 0.217 e. The first-order valence-corrected chi connectivity index (χ1v) is 12.2. The monoisotopic (exact) mass is 437 g/mol. The SMILES string of the molecule is CCCOC1=C(C)C(CC2CCC(Oc3ccc(C(C)NC(C)=O)cc3)CC2)=CC=CC1. The van der Waals surface area contributed by atoms with E-state index in [0.29, 0.717) is 5.92 Å². The Balaban J connectivity index is 1.49. The van der Waals surface area contributed by atoms with Crippen LogP contribution >= 0.6 is 0 Å². The fraction of sp³-hybridized carbons (Fsp3) is 0.536. The summed E-state index contributed by atoms with van der Waals surface area (Å²) in [6.07, 6.45) is 14.6. The molecule has 1 aromatic rings. The molecule has 4 nitrogen and oxygen atoms in total. The van der Waals surface area contributed by atoms with Crippen LogP contribution in [0.5, 0.6) is 5.75 Å². The van der Waals surface area contributed by atoms with Gasteiger partial charge in [0.25, 0.3) is 0 Å². The Morgan fingerprint density at radius 2 is 1.88 bits per heavy atom. The van der Waals surface area contributed by atoms with Crippen LogP contribution in [0.3, 0.4) is 0 Å². The molecule has 1 N–H and O–H groups in total. The third-order valence-corrected chi connectivity index (χ3v) is 6.52. The first-order chi connectivity index (χ1) is 15.5. The maximum atomic E-state index is 11.3. The number of hydrogen-bond donors (Lipinski definition) is 1. The topological polar surface area (TPSA) is 47.6 Å². The number of allylic oxidation sites excluding steroid dienone is 5. The highest BCUT2D eigenvalue weighted by atomic mass is 16.5. The zero-order valence-electron chi connectivity index (χ0n) is 20.2. The zero-order chi connectivity index (χ0) is 22.9. The van der Waals surface area contributed by atoms with Gasteiger partial charge in [0, 0.05) is 13.3 Å². The van der Waals surface area contributed by atoms with Crippen LogP contribution < -0.4 is 10.1 Å². The molecule has 32 heavy (non-hydrogen) atoms. The summed E-state index contributed by atoms with van der Waals surface area (Å²) < 4.78 is 12.3. The van der Waals surface area contributed by atoms with Gasteiger partial charge in [0.1, 0.15) is 11.5 Å². The fourth-order valence-electron chi connectivity index (χ4n) is 4.61. The molecule has 1 aromatic carbocycles. The molecule has 1 amide bonds. The molecule has 2 aliphatic rings. The van der Waals surface area contributed by atoms with Gasteiger partial charge in [0.15, 0.2) is 0 Å². The molecule has 1 saturated carbocycles. The lowest BCUT2D eigenvalue weighted by Gasteiger charge is -2.30. The van der Waals surface area contributed by atoms with Crippen molar-refractivity contribution in [3.05, 3.63) is 65.0 Å². The molecule has 0 heterocycles. The van der Waals surface area contributed by atoms with E-state index < -0.39 is 0 Å². The molecule has 3 rings (SSSR count). The molecule has 4 heteroatoms. The van der Waals surface area contributed by atoms with E-state index in [2.05, 4.69) is 37.4 Å². The molecule has 1 unspecified atom stereocenters. The number of benzene rings is 1. The number of amides is 1. The van der Waals surface area contributed by atoms with E-state index in [-0.39, 0.29) is 18.1 Å². The van der Waals surface area contributed by atoms with E-state index in [0.717, 1.165) is 55.8 Å². The lowest BCUT2D eigenvalue weighted by molar-refractivity contribution is -0.119. The molecule has 0 saturated heterocycles. The molecule has 1 atom stereocenters. The van der Waals surface area contributed by atoms with Gasteiger partial charge < -0.3 is 14.8 Å². The Labute approximate surface area is 193 Å². The summed E-state index contributed by atoms with van der Waals surface area (Å²) in [4.78, 5) is 11.3. The van der Waals surface area contributed by atoms with E-state index in [9.17, 15) is 4.79 Å². The van der Waals surface area contributed by atoms with E-state index in [4.69, 9.17) is 9.47 Å². The molecule has 1 fully saturated rings. The Morgan fingerprint density at radius 1 is 1.16 bits per heavy atom. The molecule has 0 bridgehead atoms. The molecular weight excluding hydrogens is 398 g/mol. The second kappa shape index (κ2) is 11.9. The van der Waals surface area contributed by atoms with Gasteiger partial charge in [-0.05, 0) is 87.1 Å². The van der Waals surface area contributed by atoms with E-state index in [1.165, 1.54) is 24.0 Å². The first kappa shape index (κ1) is 24.2. The first-order valence-electron chi connectivity index (χ1n) is 12.2. The van der Waals surface area contributed by atoms with E-state index in [1.807, 2.05) is 31.2 Å². The molecule has 174 valence electrons. The van der Waals surface area contributed by atoms with Crippen molar-refractivity contribution in [1.29, 1.82) is 0 Å². The summed E-state index contributed by atoms with van der Waals surface area (Å²) in [7, 11) is 0. The standard InChI is InChI=1S/C28H39NO3/c1-5-18-31-28-9-7-6-8-25(20(28)2)19-23-10-14-26(15-11-23)32-27-16-12-24(13-17-27)21(3)29-22(4)30/h6-8,12-13,16-17,21,23,26H,5,9-11,14-15,18-19H2,1-4H3,(H,29,30). The molecular formula is C28H39NO3. The van der Waals surface area contributed by atoms with Crippen molar-refractivity contribution in [2.24, 2.45) is 5.92 Å². The molecule has 0 aromatic heterocycles. The van der Waals surface area contributed by atoms with Crippen molar-refractivity contribution >= 4 is 5.91 Å². The summed E-state index contributed by atoms with van der Waals surface area (Å²) in [6, 6.07) is 8.14. The second-order valence-electron chi connectivity index (χ2n) is 9.18. The van der Waals surface area contributed by atoms with Crippen LogP contribution in [-0.2, 0) is 9.53 Å². The minimum atomic E-state index is -0.0133. The number of rotatable bonds is 9.